The average molecular weight is 385 g/mol. The SMILES string of the molecule is CC#C[C@@H](O)[C@@H](C)[C@H]1CC[C@H]2[C@@H]3C[C@@H](OC)[C@]45C[C@@H]4CC[C@]5(C)[C@H]3CC[C@]12C. The lowest BCUT2D eigenvalue weighted by molar-refractivity contribution is -0.162. The lowest BCUT2D eigenvalue weighted by Gasteiger charge is -2.61. The van der Waals surface area contributed by atoms with Gasteiger partial charge in [0.15, 0.2) is 0 Å². The molecule has 0 aromatic heterocycles. The molecule has 0 unspecified atom stereocenters. The quantitative estimate of drug-likeness (QED) is 0.670. The van der Waals surface area contributed by atoms with Crippen LogP contribution in [-0.4, -0.2) is 24.4 Å². The first-order valence-electron chi connectivity index (χ1n) is 12.0. The van der Waals surface area contributed by atoms with Gasteiger partial charge < -0.3 is 9.84 Å². The van der Waals surface area contributed by atoms with Gasteiger partial charge in [-0.05, 0) is 105 Å². The second kappa shape index (κ2) is 6.24. The number of methoxy groups -OCH3 is 1. The number of ether oxygens (including phenoxy) is 1. The van der Waals surface area contributed by atoms with E-state index in [0.717, 1.165) is 23.7 Å². The molecule has 1 N–H and O–H groups in total. The van der Waals surface area contributed by atoms with Crippen LogP contribution >= 0.6 is 0 Å². The van der Waals surface area contributed by atoms with Crippen molar-refractivity contribution in [2.75, 3.05) is 7.11 Å². The van der Waals surface area contributed by atoms with Crippen LogP contribution in [-0.2, 0) is 4.74 Å². The van der Waals surface area contributed by atoms with Crippen LogP contribution in [0.2, 0.25) is 0 Å². The third-order valence-electron chi connectivity index (χ3n) is 11.3. The summed E-state index contributed by atoms with van der Waals surface area (Å²) in [6, 6.07) is 0. The van der Waals surface area contributed by atoms with Gasteiger partial charge in [-0.25, -0.2) is 0 Å². The Kier molecular flexibility index (Phi) is 4.33. The molecule has 5 aliphatic carbocycles. The van der Waals surface area contributed by atoms with Gasteiger partial charge in [0, 0.05) is 12.5 Å². The first-order valence-corrected chi connectivity index (χ1v) is 12.0. The van der Waals surface area contributed by atoms with Crippen LogP contribution in [0.4, 0.5) is 0 Å². The maximum Gasteiger partial charge on any atom is 0.117 e. The molecule has 0 aromatic carbocycles. The number of fused-ring (bicyclic) bond motifs is 4. The summed E-state index contributed by atoms with van der Waals surface area (Å²) in [7, 11) is 1.98. The van der Waals surface area contributed by atoms with Crippen LogP contribution in [0.1, 0.15) is 79.1 Å². The molecule has 5 saturated carbocycles. The smallest absolute Gasteiger partial charge is 0.117 e. The van der Waals surface area contributed by atoms with Gasteiger partial charge in [0.25, 0.3) is 0 Å². The van der Waals surface area contributed by atoms with Crippen LogP contribution in [0.5, 0.6) is 0 Å². The second-order valence-corrected chi connectivity index (χ2v) is 11.7. The first-order chi connectivity index (χ1) is 13.3. The number of hydrogen-bond donors (Lipinski definition) is 1. The summed E-state index contributed by atoms with van der Waals surface area (Å²) in [6.07, 6.45) is 11.0. The molecule has 2 nitrogen and oxygen atoms in total. The second-order valence-electron chi connectivity index (χ2n) is 11.7. The Bertz CT molecular complexity index is 705. The molecule has 5 aliphatic rings. The molecule has 0 amide bonds. The Morgan fingerprint density at radius 2 is 1.86 bits per heavy atom. The van der Waals surface area contributed by atoms with E-state index in [1.807, 2.05) is 14.0 Å². The summed E-state index contributed by atoms with van der Waals surface area (Å²) in [5.41, 5.74) is 1.41. The van der Waals surface area contributed by atoms with Gasteiger partial charge in [0.1, 0.15) is 6.10 Å². The van der Waals surface area contributed by atoms with E-state index in [1.54, 1.807) is 0 Å². The van der Waals surface area contributed by atoms with Crippen molar-refractivity contribution >= 4 is 0 Å². The molecule has 11 atom stereocenters. The van der Waals surface area contributed by atoms with Crippen LogP contribution < -0.4 is 0 Å². The van der Waals surface area contributed by atoms with Gasteiger partial charge in [0.05, 0.1) is 6.10 Å². The van der Waals surface area contributed by atoms with Gasteiger partial charge in [-0.2, -0.15) is 0 Å². The van der Waals surface area contributed by atoms with E-state index in [4.69, 9.17) is 4.74 Å². The van der Waals surface area contributed by atoms with Crippen LogP contribution in [0.3, 0.4) is 0 Å². The Hall–Kier alpha value is -0.520. The Labute approximate surface area is 172 Å². The number of hydrogen-bond acceptors (Lipinski definition) is 2. The summed E-state index contributed by atoms with van der Waals surface area (Å²) in [5, 5.41) is 10.6. The van der Waals surface area contributed by atoms with Crippen LogP contribution in [0.15, 0.2) is 0 Å². The fourth-order valence-corrected chi connectivity index (χ4v) is 9.98. The van der Waals surface area contributed by atoms with E-state index in [-0.39, 0.29) is 5.92 Å². The summed E-state index contributed by atoms with van der Waals surface area (Å²) in [5.74, 6) is 10.4. The molecule has 0 aliphatic heterocycles. The Balaban J connectivity index is 1.45. The van der Waals surface area contributed by atoms with E-state index in [1.165, 1.54) is 51.4 Å². The van der Waals surface area contributed by atoms with E-state index in [0.29, 0.717) is 28.3 Å². The zero-order valence-electron chi connectivity index (χ0n) is 18.6. The van der Waals surface area contributed by atoms with Crippen molar-refractivity contribution in [3.8, 4) is 11.8 Å². The van der Waals surface area contributed by atoms with E-state index >= 15 is 0 Å². The molecule has 28 heavy (non-hydrogen) atoms. The van der Waals surface area contributed by atoms with Crippen molar-refractivity contribution in [1.29, 1.82) is 0 Å². The molecule has 2 heteroatoms. The van der Waals surface area contributed by atoms with Crippen molar-refractivity contribution in [1.82, 2.24) is 0 Å². The van der Waals surface area contributed by atoms with Gasteiger partial charge in [0.2, 0.25) is 0 Å². The largest absolute Gasteiger partial charge is 0.381 e. The molecule has 5 fully saturated rings. The van der Waals surface area contributed by atoms with E-state index < -0.39 is 6.10 Å². The molecule has 0 saturated heterocycles. The monoisotopic (exact) mass is 384 g/mol. The highest BCUT2D eigenvalue weighted by atomic mass is 16.5. The molecule has 0 bridgehead atoms. The zero-order chi connectivity index (χ0) is 19.9. The van der Waals surface area contributed by atoms with Crippen molar-refractivity contribution < 1.29 is 9.84 Å². The van der Waals surface area contributed by atoms with Crippen molar-refractivity contribution in [3.05, 3.63) is 0 Å². The molecule has 5 rings (SSSR count). The lowest BCUT2D eigenvalue weighted by atomic mass is 9.45. The van der Waals surface area contributed by atoms with Crippen molar-refractivity contribution in [2.45, 2.75) is 91.3 Å². The highest BCUT2D eigenvalue weighted by Gasteiger charge is 2.77. The van der Waals surface area contributed by atoms with Gasteiger partial charge >= 0.3 is 0 Å². The lowest BCUT2D eigenvalue weighted by Crippen LogP contribution is -2.57. The fourth-order valence-electron chi connectivity index (χ4n) is 9.98. The predicted molar refractivity (Wildman–Crippen MR) is 112 cm³/mol. The zero-order valence-corrected chi connectivity index (χ0v) is 18.6. The highest BCUT2D eigenvalue weighted by molar-refractivity contribution is 5.26. The van der Waals surface area contributed by atoms with Crippen LogP contribution in [0.25, 0.3) is 0 Å². The summed E-state index contributed by atoms with van der Waals surface area (Å²) in [6.45, 7) is 9.31. The summed E-state index contributed by atoms with van der Waals surface area (Å²) >= 11 is 0. The molecular weight excluding hydrogens is 344 g/mol. The topological polar surface area (TPSA) is 29.5 Å². The normalized spacial score (nSPS) is 55.8. The minimum Gasteiger partial charge on any atom is -0.381 e. The highest BCUT2D eigenvalue weighted by Crippen LogP contribution is 2.82. The molecule has 1 spiro atoms. The first kappa shape index (κ1) is 19.4. The molecule has 0 heterocycles. The maximum atomic E-state index is 10.6. The average Bonchev–Trinajstić information content (AvgIpc) is 3.18. The Morgan fingerprint density at radius 1 is 1.07 bits per heavy atom. The standard InChI is InChI=1S/C26H40O2/c1-6-7-22(27)16(2)19-8-9-20-18-14-23(28-5)26-15-17(26)10-13-25(26,4)21(18)11-12-24(19,20)3/h16-23,27H,8-15H2,1-5H3/t16-,17-,18-,19+,20-,21-,22+,23+,24+,25+,26-/m0/s1. The third-order valence-corrected chi connectivity index (χ3v) is 11.3. The summed E-state index contributed by atoms with van der Waals surface area (Å²) in [4.78, 5) is 0. The summed E-state index contributed by atoms with van der Waals surface area (Å²) < 4.78 is 6.23. The van der Waals surface area contributed by atoms with Crippen molar-refractivity contribution in [2.24, 2.45) is 51.8 Å². The van der Waals surface area contributed by atoms with Crippen LogP contribution in [0, 0.1) is 63.6 Å². The molecular formula is C26H40O2. The number of rotatable bonds is 3. The minimum absolute atomic E-state index is 0.280. The number of aliphatic hydroxyl groups is 1. The molecule has 156 valence electrons. The number of aliphatic hydroxyl groups excluding tert-OH is 1. The Morgan fingerprint density at radius 3 is 2.54 bits per heavy atom. The van der Waals surface area contributed by atoms with Gasteiger partial charge in [-0.15, -0.1) is 5.92 Å². The third kappa shape index (κ3) is 2.19. The predicted octanol–water partition coefficient (Wildman–Crippen LogP) is 5.29. The molecule has 0 aromatic rings. The molecule has 0 radical (unpaired) electrons. The van der Waals surface area contributed by atoms with Gasteiger partial charge in [-0.1, -0.05) is 26.7 Å². The van der Waals surface area contributed by atoms with Crippen molar-refractivity contribution in [3.63, 3.8) is 0 Å². The fraction of sp³-hybridized carbons (Fsp3) is 0.923. The maximum absolute atomic E-state index is 10.6. The minimum atomic E-state index is -0.468. The van der Waals surface area contributed by atoms with E-state index in [9.17, 15) is 5.11 Å². The van der Waals surface area contributed by atoms with Gasteiger partial charge in [-0.3, -0.25) is 0 Å². The van der Waals surface area contributed by atoms with E-state index in [2.05, 4.69) is 32.6 Å².